The lowest BCUT2D eigenvalue weighted by molar-refractivity contribution is -0.0540. The Morgan fingerprint density at radius 2 is 2.42 bits per heavy atom. The van der Waals surface area contributed by atoms with Crippen molar-refractivity contribution in [2.45, 2.75) is 32.0 Å². The van der Waals surface area contributed by atoms with E-state index < -0.39 is 0 Å². The Balaban J connectivity index is 2.28. The Morgan fingerprint density at radius 3 is 3.00 bits per heavy atom. The molecule has 3 unspecified atom stereocenters. The predicted molar refractivity (Wildman–Crippen MR) is 46.0 cm³/mol. The highest BCUT2D eigenvalue weighted by Gasteiger charge is 2.25. The van der Waals surface area contributed by atoms with Crippen LogP contribution in [0.15, 0.2) is 0 Å². The number of hydrogen-bond donors (Lipinski definition) is 1. The van der Waals surface area contributed by atoms with Crippen LogP contribution in [0.2, 0.25) is 0 Å². The van der Waals surface area contributed by atoms with E-state index in [4.69, 9.17) is 9.47 Å². The van der Waals surface area contributed by atoms with Gasteiger partial charge in [-0.05, 0) is 19.8 Å². The lowest BCUT2D eigenvalue weighted by Gasteiger charge is -2.29. The van der Waals surface area contributed by atoms with Gasteiger partial charge < -0.3 is 14.6 Å². The monoisotopic (exact) mass is 174 g/mol. The number of aliphatic hydroxyl groups is 1. The normalized spacial score (nSPS) is 33.2. The van der Waals surface area contributed by atoms with Gasteiger partial charge in [0.15, 0.2) is 0 Å². The Kier molecular flexibility index (Phi) is 3.98. The molecule has 3 heteroatoms. The predicted octanol–water partition coefficient (Wildman–Crippen LogP) is 0.809. The summed E-state index contributed by atoms with van der Waals surface area (Å²) in [4.78, 5) is 0. The topological polar surface area (TPSA) is 38.7 Å². The summed E-state index contributed by atoms with van der Waals surface area (Å²) >= 11 is 0. The van der Waals surface area contributed by atoms with Gasteiger partial charge in [-0.3, -0.25) is 0 Å². The average Bonchev–Trinajstić information content (AvgIpc) is 2.09. The third-order valence-corrected chi connectivity index (χ3v) is 2.47. The van der Waals surface area contributed by atoms with E-state index in [2.05, 4.69) is 0 Å². The molecule has 0 bridgehead atoms. The number of hydrogen-bond acceptors (Lipinski definition) is 3. The maximum absolute atomic E-state index is 9.58. The van der Waals surface area contributed by atoms with Crippen molar-refractivity contribution in [3.8, 4) is 0 Å². The van der Waals surface area contributed by atoms with Crippen molar-refractivity contribution in [1.82, 2.24) is 0 Å². The summed E-state index contributed by atoms with van der Waals surface area (Å²) in [5.74, 6) is 0.258. The van der Waals surface area contributed by atoms with E-state index in [1.807, 2.05) is 6.92 Å². The maximum atomic E-state index is 9.58. The summed E-state index contributed by atoms with van der Waals surface area (Å²) in [6, 6.07) is 0. The van der Waals surface area contributed by atoms with Crippen molar-refractivity contribution in [2.24, 2.45) is 5.92 Å². The maximum Gasteiger partial charge on any atom is 0.0613 e. The second kappa shape index (κ2) is 4.80. The van der Waals surface area contributed by atoms with Gasteiger partial charge in [-0.2, -0.15) is 0 Å². The van der Waals surface area contributed by atoms with Gasteiger partial charge in [0.1, 0.15) is 0 Å². The summed E-state index contributed by atoms with van der Waals surface area (Å²) in [7, 11) is 1.70. The van der Waals surface area contributed by atoms with E-state index in [9.17, 15) is 5.11 Å². The van der Waals surface area contributed by atoms with Gasteiger partial charge in [-0.25, -0.2) is 0 Å². The summed E-state index contributed by atoms with van der Waals surface area (Å²) in [6.07, 6.45) is 1.67. The highest BCUT2D eigenvalue weighted by atomic mass is 16.5. The molecule has 1 saturated heterocycles. The number of rotatable bonds is 3. The molecule has 12 heavy (non-hydrogen) atoms. The van der Waals surface area contributed by atoms with Gasteiger partial charge in [-0.1, -0.05) is 0 Å². The smallest absolute Gasteiger partial charge is 0.0613 e. The number of ether oxygens (including phenoxy) is 2. The Morgan fingerprint density at radius 1 is 1.67 bits per heavy atom. The first-order chi connectivity index (χ1) is 5.74. The van der Waals surface area contributed by atoms with Crippen LogP contribution in [0.4, 0.5) is 0 Å². The standard InChI is InChI=1S/C9H18O3/c1-7(11-2)5-8-6-12-4-3-9(8)10/h7-10H,3-6H2,1-2H3. The SMILES string of the molecule is COC(C)CC1COCCC1O. The van der Waals surface area contributed by atoms with E-state index in [0.717, 1.165) is 12.8 Å². The van der Waals surface area contributed by atoms with Crippen LogP contribution in [0, 0.1) is 5.92 Å². The van der Waals surface area contributed by atoms with Gasteiger partial charge in [0.2, 0.25) is 0 Å². The van der Waals surface area contributed by atoms with Crippen molar-refractivity contribution in [3.05, 3.63) is 0 Å². The van der Waals surface area contributed by atoms with Gasteiger partial charge in [0, 0.05) is 19.6 Å². The lowest BCUT2D eigenvalue weighted by Crippen LogP contribution is -2.34. The first-order valence-electron chi connectivity index (χ1n) is 4.52. The highest BCUT2D eigenvalue weighted by Crippen LogP contribution is 2.20. The fourth-order valence-corrected chi connectivity index (χ4v) is 1.53. The molecule has 1 heterocycles. The molecule has 3 atom stereocenters. The molecular formula is C9H18O3. The van der Waals surface area contributed by atoms with Crippen LogP contribution >= 0.6 is 0 Å². The second-order valence-corrected chi connectivity index (χ2v) is 3.47. The minimum Gasteiger partial charge on any atom is -0.393 e. The molecule has 0 aromatic carbocycles. The van der Waals surface area contributed by atoms with Crippen LogP contribution < -0.4 is 0 Å². The van der Waals surface area contributed by atoms with Crippen molar-refractivity contribution >= 4 is 0 Å². The third kappa shape index (κ3) is 2.73. The average molecular weight is 174 g/mol. The minimum absolute atomic E-state index is 0.198. The summed E-state index contributed by atoms with van der Waals surface area (Å²) in [5.41, 5.74) is 0. The van der Waals surface area contributed by atoms with E-state index in [1.165, 1.54) is 0 Å². The molecule has 1 N–H and O–H groups in total. The zero-order chi connectivity index (χ0) is 8.97. The van der Waals surface area contributed by atoms with Crippen molar-refractivity contribution in [1.29, 1.82) is 0 Å². The lowest BCUT2D eigenvalue weighted by atomic mass is 9.93. The van der Waals surface area contributed by atoms with Crippen molar-refractivity contribution in [2.75, 3.05) is 20.3 Å². The first-order valence-corrected chi connectivity index (χ1v) is 4.52. The molecule has 0 amide bonds. The second-order valence-electron chi connectivity index (χ2n) is 3.47. The Bertz CT molecular complexity index is 127. The van der Waals surface area contributed by atoms with Gasteiger partial charge >= 0.3 is 0 Å². The van der Waals surface area contributed by atoms with E-state index in [1.54, 1.807) is 7.11 Å². The number of methoxy groups -OCH3 is 1. The van der Waals surface area contributed by atoms with Crippen LogP contribution in [0.1, 0.15) is 19.8 Å². The molecule has 0 spiro atoms. The summed E-state index contributed by atoms with van der Waals surface area (Å²) < 4.78 is 10.4. The van der Waals surface area contributed by atoms with Crippen molar-refractivity contribution in [3.63, 3.8) is 0 Å². The molecule has 0 aliphatic carbocycles. The van der Waals surface area contributed by atoms with Crippen LogP contribution in [0.25, 0.3) is 0 Å². The minimum atomic E-state index is -0.198. The quantitative estimate of drug-likeness (QED) is 0.688. The molecule has 1 rings (SSSR count). The molecule has 0 aromatic heterocycles. The Hall–Kier alpha value is -0.120. The highest BCUT2D eigenvalue weighted by molar-refractivity contribution is 4.74. The van der Waals surface area contributed by atoms with Crippen LogP contribution in [0.5, 0.6) is 0 Å². The molecule has 72 valence electrons. The van der Waals surface area contributed by atoms with Crippen LogP contribution in [0.3, 0.4) is 0 Å². The number of aliphatic hydroxyl groups excluding tert-OH is 1. The summed E-state index contributed by atoms with van der Waals surface area (Å²) in [5, 5.41) is 9.58. The van der Waals surface area contributed by atoms with E-state index in [0.29, 0.717) is 13.2 Å². The zero-order valence-corrected chi connectivity index (χ0v) is 7.82. The molecule has 3 nitrogen and oxygen atoms in total. The third-order valence-electron chi connectivity index (χ3n) is 2.47. The first kappa shape index (κ1) is 9.96. The molecule has 1 fully saturated rings. The largest absolute Gasteiger partial charge is 0.393 e. The van der Waals surface area contributed by atoms with E-state index >= 15 is 0 Å². The van der Waals surface area contributed by atoms with Gasteiger partial charge in [-0.15, -0.1) is 0 Å². The molecule has 1 aliphatic rings. The molecular weight excluding hydrogens is 156 g/mol. The fraction of sp³-hybridized carbons (Fsp3) is 1.00. The summed E-state index contributed by atoms with van der Waals surface area (Å²) in [6.45, 7) is 3.38. The molecule has 0 aromatic rings. The van der Waals surface area contributed by atoms with Gasteiger partial charge in [0.05, 0.1) is 18.8 Å². The molecule has 0 radical (unpaired) electrons. The molecule has 0 saturated carbocycles. The Labute approximate surface area is 73.7 Å². The van der Waals surface area contributed by atoms with Gasteiger partial charge in [0.25, 0.3) is 0 Å². The molecule has 1 aliphatic heterocycles. The van der Waals surface area contributed by atoms with Crippen LogP contribution in [-0.4, -0.2) is 37.6 Å². The van der Waals surface area contributed by atoms with Crippen LogP contribution in [-0.2, 0) is 9.47 Å². The van der Waals surface area contributed by atoms with E-state index in [-0.39, 0.29) is 18.1 Å². The fourth-order valence-electron chi connectivity index (χ4n) is 1.53. The zero-order valence-electron chi connectivity index (χ0n) is 7.82. The van der Waals surface area contributed by atoms with Crippen molar-refractivity contribution < 1.29 is 14.6 Å².